The maximum atomic E-state index is 11.7. The van der Waals surface area contributed by atoms with Gasteiger partial charge in [-0.2, -0.15) is 0 Å². The molecule has 1 aromatic rings. The maximum Gasteiger partial charge on any atom is 0.244 e. The fourth-order valence-corrected chi connectivity index (χ4v) is 2.87. The van der Waals surface area contributed by atoms with Crippen LogP contribution < -0.4 is 5.32 Å². The van der Waals surface area contributed by atoms with Crippen LogP contribution in [-0.2, 0) is 14.9 Å². The molecule has 0 spiro atoms. The average molecular weight is 327 g/mol. The number of amides is 1. The highest BCUT2D eigenvalue weighted by atomic mass is 16.5. The van der Waals surface area contributed by atoms with Crippen LogP contribution in [0, 0.1) is 0 Å². The maximum absolute atomic E-state index is 11.7. The summed E-state index contributed by atoms with van der Waals surface area (Å²) in [6, 6.07) is 10.6. The van der Waals surface area contributed by atoms with Crippen molar-refractivity contribution in [2.45, 2.75) is 51.0 Å². The minimum atomic E-state index is -0.0558. The Balaban J connectivity index is 1.65. The smallest absolute Gasteiger partial charge is 0.244 e. The lowest BCUT2D eigenvalue weighted by atomic mass is 9.80. The fourth-order valence-electron chi connectivity index (χ4n) is 2.87. The van der Waals surface area contributed by atoms with Crippen molar-refractivity contribution in [2.75, 3.05) is 13.2 Å². The van der Waals surface area contributed by atoms with Crippen LogP contribution in [0.5, 0.6) is 0 Å². The highest BCUT2D eigenvalue weighted by molar-refractivity contribution is 5.87. The van der Waals surface area contributed by atoms with Crippen molar-refractivity contribution in [1.29, 1.82) is 0 Å². The quantitative estimate of drug-likeness (QED) is 0.575. The van der Waals surface area contributed by atoms with E-state index in [9.17, 15) is 4.79 Å². The first-order valence-electron chi connectivity index (χ1n) is 8.86. The molecule has 1 unspecified atom stereocenters. The zero-order valence-corrected chi connectivity index (χ0v) is 14.8. The Morgan fingerprint density at radius 1 is 1.29 bits per heavy atom. The SMILES string of the molecule is CC(C)(CC/C=C/C=C/C(=O)NCC1CCCO1)c1ccccc1. The van der Waals surface area contributed by atoms with Crippen LogP contribution in [0.4, 0.5) is 0 Å². The van der Waals surface area contributed by atoms with E-state index >= 15 is 0 Å². The van der Waals surface area contributed by atoms with Gasteiger partial charge in [0.1, 0.15) is 0 Å². The molecule has 0 saturated carbocycles. The Kier molecular flexibility index (Phi) is 7.26. The van der Waals surface area contributed by atoms with Crippen LogP contribution in [0.1, 0.15) is 45.1 Å². The molecule has 3 nitrogen and oxygen atoms in total. The second kappa shape index (κ2) is 9.43. The summed E-state index contributed by atoms with van der Waals surface area (Å²) in [5, 5.41) is 2.88. The topological polar surface area (TPSA) is 38.3 Å². The van der Waals surface area contributed by atoms with E-state index in [1.54, 1.807) is 12.2 Å². The van der Waals surface area contributed by atoms with Gasteiger partial charge in [-0.15, -0.1) is 0 Å². The Hall–Kier alpha value is -1.87. The third-order valence-electron chi connectivity index (χ3n) is 4.51. The number of ether oxygens (including phenoxy) is 1. The van der Waals surface area contributed by atoms with E-state index in [1.165, 1.54) is 5.56 Å². The van der Waals surface area contributed by atoms with Gasteiger partial charge in [-0.3, -0.25) is 4.79 Å². The van der Waals surface area contributed by atoms with Gasteiger partial charge in [0.25, 0.3) is 0 Å². The van der Waals surface area contributed by atoms with E-state index in [2.05, 4.69) is 49.5 Å². The van der Waals surface area contributed by atoms with Crippen molar-refractivity contribution in [3.63, 3.8) is 0 Å². The van der Waals surface area contributed by atoms with Crippen LogP contribution in [0.15, 0.2) is 54.6 Å². The predicted octanol–water partition coefficient (Wildman–Crippen LogP) is 4.15. The normalized spacial score (nSPS) is 18.5. The number of benzene rings is 1. The number of nitrogens with one attached hydrogen (secondary N) is 1. The predicted molar refractivity (Wildman–Crippen MR) is 99.0 cm³/mol. The van der Waals surface area contributed by atoms with Gasteiger partial charge in [0.15, 0.2) is 0 Å². The van der Waals surface area contributed by atoms with Crippen LogP contribution >= 0.6 is 0 Å². The zero-order chi connectivity index (χ0) is 17.3. The highest BCUT2D eigenvalue weighted by Gasteiger charge is 2.18. The number of carbonyl (C=O) groups excluding carboxylic acids is 1. The molecule has 1 atom stereocenters. The van der Waals surface area contributed by atoms with Crippen molar-refractivity contribution in [2.24, 2.45) is 0 Å². The number of rotatable bonds is 8. The van der Waals surface area contributed by atoms with Gasteiger partial charge in [0, 0.05) is 19.2 Å². The van der Waals surface area contributed by atoms with E-state index in [0.29, 0.717) is 6.54 Å². The Morgan fingerprint density at radius 2 is 2.08 bits per heavy atom. The third-order valence-corrected chi connectivity index (χ3v) is 4.51. The molecule has 3 heteroatoms. The molecule has 1 aliphatic heterocycles. The van der Waals surface area contributed by atoms with Crippen molar-refractivity contribution >= 4 is 5.91 Å². The molecule has 1 aromatic carbocycles. The first kappa shape index (κ1) is 18.5. The molecule has 2 rings (SSSR count). The zero-order valence-electron chi connectivity index (χ0n) is 14.8. The van der Waals surface area contributed by atoms with Gasteiger partial charge in [-0.05, 0) is 36.7 Å². The van der Waals surface area contributed by atoms with Gasteiger partial charge in [-0.1, -0.05) is 62.4 Å². The van der Waals surface area contributed by atoms with E-state index < -0.39 is 0 Å². The standard InChI is InChI=1S/C21H29NO2/c1-21(2,18-11-6-5-7-12-18)15-9-4-3-8-14-20(23)22-17-19-13-10-16-24-19/h3-8,11-12,14,19H,9-10,13,15-17H2,1-2H3,(H,22,23)/b4-3+,14-8+. The number of carbonyl (C=O) groups is 1. The van der Waals surface area contributed by atoms with Crippen molar-refractivity contribution in [3.8, 4) is 0 Å². The minimum Gasteiger partial charge on any atom is -0.376 e. The molecule has 1 fully saturated rings. The molecule has 1 heterocycles. The molecular weight excluding hydrogens is 298 g/mol. The second-order valence-corrected chi connectivity index (χ2v) is 6.96. The lowest BCUT2D eigenvalue weighted by Crippen LogP contribution is -2.30. The number of allylic oxidation sites excluding steroid dienone is 3. The largest absolute Gasteiger partial charge is 0.376 e. The summed E-state index contributed by atoms with van der Waals surface area (Å²) in [7, 11) is 0. The average Bonchev–Trinajstić information content (AvgIpc) is 3.10. The Labute approximate surface area is 145 Å². The molecule has 0 radical (unpaired) electrons. The van der Waals surface area contributed by atoms with Crippen molar-refractivity contribution in [3.05, 3.63) is 60.2 Å². The summed E-state index contributed by atoms with van der Waals surface area (Å²) in [6.45, 7) is 5.96. The van der Waals surface area contributed by atoms with Crippen LogP contribution in [0.3, 0.4) is 0 Å². The molecule has 24 heavy (non-hydrogen) atoms. The first-order chi connectivity index (χ1) is 11.6. The summed E-state index contributed by atoms with van der Waals surface area (Å²) in [6.07, 6.45) is 11.9. The van der Waals surface area contributed by atoms with Crippen LogP contribution in [0.25, 0.3) is 0 Å². The van der Waals surface area contributed by atoms with Crippen molar-refractivity contribution < 1.29 is 9.53 Å². The molecule has 1 aliphatic rings. The lowest BCUT2D eigenvalue weighted by molar-refractivity contribution is -0.117. The molecule has 130 valence electrons. The van der Waals surface area contributed by atoms with Crippen LogP contribution in [0.2, 0.25) is 0 Å². The van der Waals surface area contributed by atoms with E-state index in [1.807, 2.05) is 12.1 Å². The highest BCUT2D eigenvalue weighted by Crippen LogP contribution is 2.28. The summed E-state index contributed by atoms with van der Waals surface area (Å²) in [4.78, 5) is 11.7. The number of hydrogen-bond donors (Lipinski definition) is 1. The summed E-state index contributed by atoms with van der Waals surface area (Å²) >= 11 is 0. The fraction of sp³-hybridized carbons (Fsp3) is 0.476. The molecule has 0 aliphatic carbocycles. The third kappa shape index (κ3) is 6.32. The molecule has 1 N–H and O–H groups in total. The monoisotopic (exact) mass is 327 g/mol. The molecular formula is C21H29NO2. The molecule has 1 saturated heterocycles. The minimum absolute atomic E-state index is 0.0558. The molecule has 0 bridgehead atoms. The van der Waals surface area contributed by atoms with Crippen molar-refractivity contribution in [1.82, 2.24) is 5.32 Å². The summed E-state index contributed by atoms with van der Waals surface area (Å²) in [5.41, 5.74) is 1.52. The van der Waals surface area contributed by atoms with Gasteiger partial charge in [0.05, 0.1) is 6.10 Å². The Bertz CT molecular complexity index is 554. The molecule has 0 aromatic heterocycles. The Morgan fingerprint density at radius 3 is 2.79 bits per heavy atom. The van der Waals surface area contributed by atoms with E-state index in [4.69, 9.17) is 4.74 Å². The van der Waals surface area contributed by atoms with E-state index in [-0.39, 0.29) is 17.4 Å². The van der Waals surface area contributed by atoms with E-state index in [0.717, 1.165) is 32.3 Å². The first-order valence-corrected chi connectivity index (χ1v) is 8.86. The van der Waals surface area contributed by atoms with Gasteiger partial charge in [0.2, 0.25) is 5.91 Å². The summed E-state index contributed by atoms with van der Waals surface area (Å²) in [5.74, 6) is -0.0558. The second-order valence-electron chi connectivity index (χ2n) is 6.96. The van der Waals surface area contributed by atoms with Gasteiger partial charge < -0.3 is 10.1 Å². The number of hydrogen-bond acceptors (Lipinski definition) is 2. The van der Waals surface area contributed by atoms with Crippen LogP contribution in [-0.4, -0.2) is 25.2 Å². The lowest BCUT2D eigenvalue weighted by Gasteiger charge is -2.24. The molecule has 1 amide bonds. The van der Waals surface area contributed by atoms with Gasteiger partial charge in [-0.25, -0.2) is 0 Å². The van der Waals surface area contributed by atoms with Gasteiger partial charge >= 0.3 is 0 Å². The summed E-state index contributed by atoms with van der Waals surface area (Å²) < 4.78 is 5.48.